The quantitative estimate of drug-likeness (QED) is 0.728. The van der Waals surface area contributed by atoms with Crippen LogP contribution in [0.4, 0.5) is 5.69 Å². The number of hydrogen-bond acceptors (Lipinski definition) is 5. The number of amides is 2. The van der Waals surface area contributed by atoms with Crippen LogP contribution in [0.3, 0.4) is 0 Å². The minimum absolute atomic E-state index is 0.328. The van der Waals surface area contributed by atoms with Crippen LogP contribution in [0.15, 0.2) is 48.5 Å². The van der Waals surface area contributed by atoms with Gasteiger partial charge in [0.05, 0.1) is 0 Å². The number of nitrogens with one attached hydrogen (secondary N) is 1. The second-order valence-electron chi connectivity index (χ2n) is 6.09. The van der Waals surface area contributed by atoms with Gasteiger partial charge in [0.1, 0.15) is 5.75 Å². The number of ether oxygens (including phenoxy) is 2. The van der Waals surface area contributed by atoms with E-state index in [2.05, 4.69) is 5.32 Å². The molecule has 2 aromatic carbocycles. The molecule has 2 aromatic rings. The van der Waals surface area contributed by atoms with Crippen LogP contribution in [-0.4, -0.2) is 30.0 Å². The van der Waals surface area contributed by atoms with Crippen LogP contribution < -0.4 is 15.8 Å². The summed E-state index contributed by atoms with van der Waals surface area (Å²) in [6, 6.07) is 13.3. The van der Waals surface area contributed by atoms with Crippen LogP contribution in [0.1, 0.15) is 29.8 Å². The highest BCUT2D eigenvalue weighted by atomic mass is 16.6. The Labute approximate surface area is 157 Å². The predicted octanol–water partition coefficient (Wildman–Crippen LogP) is 2.43. The molecule has 2 amide bonds. The van der Waals surface area contributed by atoms with Crippen molar-refractivity contribution in [1.82, 2.24) is 0 Å². The standard InChI is InChI=1S/C20H22N2O5/c1-12-5-4-6-17(11-12)26-14(3)20(25)27-13(2)19(24)22-16-9-7-15(8-10-16)18(21)23/h4-11,13-14H,1-3H3,(H2,21,23)(H,22,24)/t13-,14-/m0/s1. The van der Waals surface area contributed by atoms with E-state index in [1.54, 1.807) is 19.1 Å². The Hall–Kier alpha value is -3.35. The number of hydrogen-bond donors (Lipinski definition) is 2. The molecular weight excluding hydrogens is 348 g/mol. The van der Waals surface area contributed by atoms with E-state index < -0.39 is 30.0 Å². The molecule has 0 fully saturated rings. The third-order valence-electron chi connectivity index (χ3n) is 3.73. The Bertz CT molecular complexity index is 833. The molecule has 0 unspecified atom stereocenters. The first-order valence-corrected chi connectivity index (χ1v) is 8.41. The van der Waals surface area contributed by atoms with Gasteiger partial charge in [-0.2, -0.15) is 0 Å². The van der Waals surface area contributed by atoms with E-state index in [-0.39, 0.29) is 0 Å². The molecule has 0 aromatic heterocycles. The van der Waals surface area contributed by atoms with Crippen LogP contribution >= 0.6 is 0 Å². The molecule has 7 nitrogen and oxygen atoms in total. The number of carbonyl (C=O) groups is 3. The molecule has 0 aliphatic carbocycles. The number of nitrogens with two attached hydrogens (primary N) is 1. The van der Waals surface area contributed by atoms with Crippen molar-refractivity contribution in [2.24, 2.45) is 5.73 Å². The molecular formula is C20H22N2O5. The molecule has 0 saturated heterocycles. The number of primary amides is 1. The third kappa shape index (κ3) is 5.85. The Morgan fingerprint density at radius 3 is 2.26 bits per heavy atom. The topological polar surface area (TPSA) is 108 Å². The zero-order valence-corrected chi connectivity index (χ0v) is 15.4. The molecule has 0 bridgehead atoms. The number of anilines is 1. The number of benzene rings is 2. The summed E-state index contributed by atoms with van der Waals surface area (Å²) in [5.41, 5.74) is 6.95. The van der Waals surface area contributed by atoms with E-state index in [0.717, 1.165) is 5.56 Å². The normalized spacial score (nSPS) is 12.6. The molecule has 2 rings (SSSR count). The van der Waals surface area contributed by atoms with Gasteiger partial charge >= 0.3 is 5.97 Å². The number of carbonyl (C=O) groups excluding carboxylic acids is 3. The molecule has 142 valence electrons. The van der Waals surface area contributed by atoms with E-state index in [0.29, 0.717) is 17.0 Å². The second-order valence-corrected chi connectivity index (χ2v) is 6.09. The molecule has 2 atom stereocenters. The molecule has 0 radical (unpaired) electrons. The minimum Gasteiger partial charge on any atom is -0.479 e. The van der Waals surface area contributed by atoms with E-state index >= 15 is 0 Å². The van der Waals surface area contributed by atoms with E-state index in [9.17, 15) is 14.4 Å². The average Bonchev–Trinajstić information content (AvgIpc) is 2.62. The first-order chi connectivity index (χ1) is 12.8. The van der Waals surface area contributed by atoms with Gasteiger partial charge in [-0.1, -0.05) is 12.1 Å². The van der Waals surface area contributed by atoms with Crippen LogP contribution in [-0.2, 0) is 14.3 Å². The first-order valence-electron chi connectivity index (χ1n) is 8.41. The van der Waals surface area contributed by atoms with Crippen LogP contribution in [0.2, 0.25) is 0 Å². The maximum absolute atomic E-state index is 12.2. The fourth-order valence-corrected chi connectivity index (χ4v) is 2.23. The van der Waals surface area contributed by atoms with Crippen molar-refractivity contribution < 1.29 is 23.9 Å². The summed E-state index contributed by atoms with van der Waals surface area (Å²) < 4.78 is 10.7. The molecule has 0 heterocycles. The van der Waals surface area contributed by atoms with Crippen molar-refractivity contribution in [2.45, 2.75) is 33.0 Å². The van der Waals surface area contributed by atoms with Crippen LogP contribution in [0, 0.1) is 6.92 Å². The average molecular weight is 370 g/mol. The summed E-state index contributed by atoms with van der Waals surface area (Å²) in [4.78, 5) is 35.4. The lowest BCUT2D eigenvalue weighted by Gasteiger charge is -2.18. The summed E-state index contributed by atoms with van der Waals surface area (Å²) in [6.07, 6.45) is -1.88. The molecule has 0 saturated carbocycles. The van der Waals surface area contributed by atoms with Gasteiger partial charge in [0, 0.05) is 11.3 Å². The zero-order chi connectivity index (χ0) is 20.0. The van der Waals surface area contributed by atoms with E-state index in [1.807, 2.05) is 19.1 Å². The predicted molar refractivity (Wildman–Crippen MR) is 100 cm³/mol. The second kappa shape index (κ2) is 8.84. The van der Waals surface area contributed by atoms with Crippen molar-refractivity contribution in [3.8, 4) is 5.75 Å². The summed E-state index contributed by atoms with van der Waals surface area (Å²) in [7, 11) is 0. The SMILES string of the molecule is Cc1cccc(O[C@@H](C)C(=O)O[C@@H](C)C(=O)Nc2ccc(C(N)=O)cc2)c1. The van der Waals surface area contributed by atoms with Gasteiger partial charge < -0.3 is 20.5 Å². The number of rotatable bonds is 7. The summed E-state index contributed by atoms with van der Waals surface area (Å²) >= 11 is 0. The van der Waals surface area contributed by atoms with Crippen LogP contribution in [0.25, 0.3) is 0 Å². The summed E-state index contributed by atoms with van der Waals surface area (Å²) in [5, 5.41) is 2.60. The smallest absolute Gasteiger partial charge is 0.347 e. The number of esters is 1. The van der Waals surface area contributed by atoms with Gasteiger partial charge in [-0.05, 0) is 62.7 Å². The fraction of sp³-hybridized carbons (Fsp3) is 0.250. The zero-order valence-electron chi connectivity index (χ0n) is 15.4. The Balaban J connectivity index is 1.88. The van der Waals surface area contributed by atoms with Gasteiger partial charge in [0.25, 0.3) is 5.91 Å². The Kier molecular flexibility index (Phi) is 6.54. The van der Waals surface area contributed by atoms with E-state index in [1.165, 1.54) is 31.2 Å². The van der Waals surface area contributed by atoms with Crippen molar-refractivity contribution >= 4 is 23.5 Å². The van der Waals surface area contributed by atoms with Crippen molar-refractivity contribution in [2.75, 3.05) is 5.32 Å². The van der Waals surface area contributed by atoms with Gasteiger partial charge in [0.15, 0.2) is 12.2 Å². The third-order valence-corrected chi connectivity index (χ3v) is 3.73. The number of aryl methyl sites for hydroxylation is 1. The molecule has 27 heavy (non-hydrogen) atoms. The monoisotopic (exact) mass is 370 g/mol. The van der Waals surface area contributed by atoms with Gasteiger partial charge in [-0.15, -0.1) is 0 Å². The van der Waals surface area contributed by atoms with Crippen molar-refractivity contribution in [1.29, 1.82) is 0 Å². The van der Waals surface area contributed by atoms with Gasteiger partial charge in [0.2, 0.25) is 5.91 Å². The molecule has 3 N–H and O–H groups in total. The highest BCUT2D eigenvalue weighted by Gasteiger charge is 2.23. The lowest BCUT2D eigenvalue weighted by atomic mass is 10.2. The lowest BCUT2D eigenvalue weighted by molar-refractivity contribution is -0.159. The molecule has 7 heteroatoms. The summed E-state index contributed by atoms with van der Waals surface area (Å²) in [5.74, 6) is -1.16. The fourth-order valence-electron chi connectivity index (χ4n) is 2.23. The van der Waals surface area contributed by atoms with Crippen molar-refractivity contribution in [3.63, 3.8) is 0 Å². The molecule has 0 aliphatic rings. The maximum Gasteiger partial charge on any atom is 0.347 e. The van der Waals surface area contributed by atoms with Crippen molar-refractivity contribution in [3.05, 3.63) is 59.7 Å². The maximum atomic E-state index is 12.2. The lowest BCUT2D eigenvalue weighted by Crippen LogP contribution is -2.35. The van der Waals surface area contributed by atoms with E-state index in [4.69, 9.17) is 15.2 Å². The molecule has 0 spiro atoms. The largest absolute Gasteiger partial charge is 0.479 e. The van der Waals surface area contributed by atoms with Crippen LogP contribution in [0.5, 0.6) is 5.75 Å². The Morgan fingerprint density at radius 1 is 1.00 bits per heavy atom. The molecule has 0 aliphatic heterocycles. The summed E-state index contributed by atoms with van der Waals surface area (Å²) in [6.45, 7) is 4.93. The highest BCUT2D eigenvalue weighted by Crippen LogP contribution is 2.15. The first kappa shape index (κ1) is 20.0. The minimum atomic E-state index is -1.02. The van der Waals surface area contributed by atoms with Gasteiger partial charge in [-0.25, -0.2) is 4.79 Å². The highest BCUT2D eigenvalue weighted by molar-refractivity contribution is 5.96. The Morgan fingerprint density at radius 2 is 1.67 bits per heavy atom. The van der Waals surface area contributed by atoms with Gasteiger partial charge in [-0.3, -0.25) is 9.59 Å².